The molecule has 4 rings (SSSR count). The largest absolute Gasteiger partial charge is 0.492 e. The number of carbonyl (C=O) groups excluding carboxylic acids is 3. The van der Waals surface area contributed by atoms with Gasteiger partial charge in [-0.25, -0.2) is 4.68 Å². The molecule has 0 radical (unpaired) electrons. The number of amides is 3. The van der Waals surface area contributed by atoms with Crippen molar-refractivity contribution in [2.45, 2.75) is 6.92 Å². The first-order valence-corrected chi connectivity index (χ1v) is 12.2. The highest BCUT2D eigenvalue weighted by molar-refractivity contribution is 9.10. The summed E-state index contributed by atoms with van der Waals surface area (Å²) in [5, 5.41) is 6.56. The summed E-state index contributed by atoms with van der Waals surface area (Å²) < 4.78 is 7.51. The van der Waals surface area contributed by atoms with Gasteiger partial charge in [-0.2, -0.15) is 0 Å². The molecular formula is C25H19BrCl2N4O4. The number of hydrogen-bond acceptors (Lipinski definition) is 4. The van der Waals surface area contributed by atoms with Gasteiger partial charge in [-0.3, -0.25) is 19.8 Å². The van der Waals surface area contributed by atoms with E-state index in [2.05, 4.69) is 32.0 Å². The van der Waals surface area contributed by atoms with Crippen LogP contribution in [0.4, 0.5) is 11.4 Å². The van der Waals surface area contributed by atoms with Gasteiger partial charge < -0.3 is 15.4 Å². The van der Waals surface area contributed by atoms with Gasteiger partial charge in [0, 0.05) is 14.9 Å². The van der Waals surface area contributed by atoms with Crippen molar-refractivity contribution < 1.29 is 19.1 Å². The Bertz CT molecular complexity index is 1490. The Morgan fingerprint density at radius 1 is 0.917 bits per heavy atom. The highest BCUT2D eigenvalue weighted by Gasteiger charge is 2.22. The van der Waals surface area contributed by atoms with E-state index >= 15 is 0 Å². The van der Waals surface area contributed by atoms with E-state index in [1.54, 1.807) is 60.7 Å². The van der Waals surface area contributed by atoms with Crippen LogP contribution in [-0.4, -0.2) is 29.0 Å². The van der Waals surface area contributed by atoms with Gasteiger partial charge in [0.15, 0.2) is 0 Å². The lowest BCUT2D eigenvalue weighted by Gasteiger charge is -2.14. The zero-order valence-corrected chi connectivity index (χ0v) is 21.9. The molecule has 11 heteroatoms. The van der Waals surface area contributed by atoms with Crippen LogP contribution in [0.3, 0.4) is 0 Å². The summed E-state index contributed by atoms with van der Waals surface area (Å²) in [6.45, 7) is 2.20. The monoisotopic (exact) mass is 588 g/mol. The van der Waals surface area contributed by atoms with E-state index in [0.717, 1.165) is 4.47 Å². The molecule has 0 atom stereocenters. The number of halogens is 3. The molecule has 3 N–H and O–H groups in total. The highest BCUT2D eigenvalue weighted by atomic mass is 79.9. The number of hydrogen-bond donors (Lipinski definition) is 3. The number of rotatable bonds is 6. The lowest BCUT2D eigenvalue weighted by molar-refractivity contribution is -0.133. The van der Waals surface area contributed by atoms with Crippen LogP contribution in [0.5, 0.6) is 5.75 Å². The van der Waals surface area contributed by atoms with Crippen molar-refractivity contribution in [2.75, 3.05) is 22.7 Å². The number of carbonyl (C=O) groups is 3. The van der Waals surface area contributed by atoms with Gasteiger partial charge in [-0.15, -0.1) is 0 Å². The predicted octanol–water partition coefficient (Wildman–Crippen LogP) is 6.07. The number of anilines is 2. The summed E-state index contributed by atoms with van der Waals surface area (Å²) >= 11 is 15.5. The fraction of sp³-hybridized carbons (Fsp3) is 0.0800. The molecule has 8 nitrogen and oxygen atoms in total. The molecule has 0 unspecified atom stereocenters. The third-order valence-electron chi connectivity index (χ3n) is 5.03. The molecular weight excluding hydrogens is 571 g/mol. The first-order chi connectivity index (χ1) is 17.3. The molecule has 0 saturated heterocycles. The summed E-state index contributed by atoms with van der Waals surface area (Å²) in [6, 6.07) is 18.2. The van der Waals surface area contributed by atoms with E-state index in [0.29, 0.717) is 39.7 Å². The molecule has 0 aliphatic rings. The Labute approximate surface area is 224 Å². The highest BCUT2D eigenvalue weighted by Crippen LogP contribution is 2.28. The number of nitrogens with one attached hydrogen (secondary N) is 3. The zero-order chi connectivity index (χ0) is 25.8. The second-order valence-corrected chi connectivity index (χ2v) is 9.23. The molecule has 184 valence electrons. The minimum atomic E-state index is -0.986. The van der Waals surface area contributed by atoms with E-state index in [4.69, 9.17) is 27.9 Å². The minimum absolute atomic E-state index is 0.0741. The first kappa shape index (κ1) is 25.6. The lowest BCUT2D eigenvalue weighted by Crippen LogP contribution is -2.36. The topological polar surface area (TPSA) is 101 Å². The summed E-state index contributed by atoms with van der Waals surface area (Å²) in [5.74, 6) is -2.06. The maximum absolute atomic E-state index is 13.2. The second kappa shape index (κ2) is 11.0. The fourth-order valence-corrected chi connectivity index (χ4v) is 4.27. The summed E-state index contributed by atoms with van der Waals surface area (Å²) in [6.07, 6.45) is 0. The molecule has 1 aromatic heterocycles. The van der Waals surface area contributed by atoms with Crippen molar-refractivity contribution in [3.63, 3.8) is 0 Å². The first-order valence-electron chi connectivity index (χ1n) is 10.7. The second-order valence-electron chi connectivity index (χ2n) is 7.47. The van der Waals surface area contributed by atoms with Crippen molar-refractivity contribution >= 4 is 79.1 Å². The average Bonchev–Trinajstić information content (AvgIpc) is 3.19. The third-order valence-corrected chi connectivity index (χ3v) is 6.07. The van der Waals surface area contributed by atoms with E-state index in [9.17, 15) is 14.4 Å². The predicted molar refractivity (Wildman–Crippen MR) is 145 cm³/mol. The smallest absolute Gasteiger partial charge is 0.328 e. The molecule has 0 saturated carbocycles. The number of para-hydroxylation sites is 2. The van der Waals surface area contributed by atoms with Gasteiger partial charge in [-0.05, 0) is 61.5 Å². The molecule has 3 amide bonds. The van der Waals surface area contributed by atoms with Crippen LogP contribution in [-0.2, 0) is 9.59 Å². The van der Waals surface area contributed by atoms with Crippen molar-refractivity contribution in [3.05, 3.63) is 86.9 Å². The summed E-state index contributed by atoms with van der Waals surface area (Å²) in [4.78, 5) is 38.7. The average molecular weight is 590 g/mol. The van der Waals surface area contributed by atoms with Crippen LogP contribution in [0.15, 0.2) is 71.2 Å². The van der Waals surface area contributed by atoms with Gasteiger partial charge in [0.1, 0.15) is 11.4 Å². The van der Waals surface area contributed by atoms with Crippen molar-refractivity contribution in [1.82, 2.24) is 4.68 Å². The fourth-order valence-electron chi connectivity index (χ4n) is 3.43. The quantitative estimate of drug-likeness (QED) is 0.238. The number of fused-ring (bicyclic) bond motifs is 1. The SMILES string of the molecule is CCOc1ccccc1NC(=O)C(=O)Nn1c(C(=O)Nc2ccc(Cl)cc2Cl)cc2cc(Br)ccc21. The zero-order valence-electron chi connectivity index (χ0n) is 18.8. The Kier molecular flexibility index (Phi) is 7.83. The van der Waals surface area contributed by atoms with E-state index < -0.39 is 17.7 Å². The summed E-state index contributed by atoms with van der Waals surface area (Å²) in [7, 11) is 0. The maximum Gasteiger partial charge on any atom is 0.328 e. The number of aromatic nitrogens is 1. The molecule has 1 heterocycles. The van der Waals surface area contributed by atoms with Crippen molar-refractivity contribution in [3.8, 4) is 5.75 Å². The molecule has 0 spiro atoms. The molecule has 0 fully saturated rings. The molecule has 4 aromatic rings. The Morgan fingerprint density at radius 3 is 2.44 bits per heavy atom. The number of ether oxygens (including phenoxy) is 1. The number of nitrogens with zero attached hydrogens (tertiary/aromatic N) is 1. The van der Waals surface area contributed by atoms with Crippen LogP contribution in [0.25, 0.3) is 10.9 Å². The van der Waals surface area contributed by atoms with Crippen molar-refractivity contribution in [1.29, 1.82) is 0 Å². The summed E-state index contributed by atoms with van der Waals surface area (Å²) in [5.41, 5.74) is 3.76. The van der Waals surface area contributed by atoms with Gasteiger partial charge in [0.2, 0.25) is 0 Å². The maximum atomic E-state index is 13.2. The van der Waals surface area contributed by atoms with Gasteiger partial charge >= 0.3 is 11.8 Å². The van der Waals surface area contributed by atoms with Crippen molar-refractivity contribution in [2.24, 2.45) is 0 Å². The van der Waals surface area contributed by atoms with Crippen LogP contribution >= 0.6 is 39.1 Å². The van der Waals surface area contributed by atoms with Crippen LogP contribution < -0.4 is 20.8 Å². The van der Waals surface area contributed by atoms with Crippen LogP contribution in [0.2, 0.25) is 10.0 Å². The van der Waals surface area contributed by atoms with Crippen LogP contribution in [0, 0.1) is 0 Å². The Hall–Kier alpha value is -3.53. The Balaban J connectivity index is 1.63. The molecule has 36 heavy (non-hydrogen) atoms. The Morgan fingerprint density at radius 2 is 1.69 bits per heavy atom. The number of benzene rings is 3. The van der Waals surface area contributed by atoms with Gasteiger partial charge in [-0.1, -0.05) is 51.3 Å². The molecule has 0 aliphatic heterocycles. The van der Waals surface area contributed by atoms with Gasteiger partial charge in [0.25, 0.3) is 5.91 Å². The standard InChI is InChI=1S/C25H19BrCl2N4O4/c1-2-36-22-6-4-3-5-19(22)30-24(34)25(35)31-32-20-10-7-15(26)11-14(20)12-21(32)23(33)29-18-9-8-16(27)13-17(18)28/h3-13H,2H2,1H3,(H,29,33)(H,30,34)(H,31,35). The molecule has 0 bridgehead atoms. The third kappa shape index (κ3) is 5.64. The van der Waals surface area contributed by atoms with E-state index in [-0.39, 0.29) is 10.7 Å². The van der Waals surface area contributed by atoms with E-state index in [1.165, 1.54) is 10.7 Å². The van der Waals surface area contributed by atoms with Crippen LogP contribution in [0.1, 0.15) is 17.4 Å². The normalized spacial score (nSPS) is 10.7. The molecule has 3 aromatic carbocycles. The van der Waals surface area contributed by atoms with E-state index in [1.807, 2.05) is 6.92 Å². The minimum Gasteiger partial charge on any atom is -0.492 e. The van der Waals surface area contributed by atoms with Gasteiger partial charge in [0.05, 0.1) is 28.5 Å². The molecule has 0 aliphatic carbocycles. The lowest BCUT2D eigenvalue weighted by atomic mass is 10.2.